The predicted molar refractivity (Wildman–Crippen MR) is 71.0 cm³/mol. The molecule has 1 heterocycles. The first-order chi connectivity index (χ1) is 8.70. The van der Waals surface area contributed by atoms with Gasteiger partial charge >= 0.3 is 0 Å². The molecule has 0 N–H and O–H groups in total. The van der Waals surface area contributed by atoms with Gasteiger partial charge in [0.25, 0.3) is 0 Å². The largest absolute Gasteiger partial charge is 0.465 e. The third-order valence-corrected chi connectivity index (χ3v) is 4.83. The highest BCUT2D eigenvalue weighted by Crippen LogP contribution is 2.49. The van der Waals surface area contributed by atoms with E-state index < -0.39 is 0 Å². The molecule has 1 aromatic heterocycles. The van der Waals surface area contributed by atoms with Gasteiger partial charge in [-0.15, -0.1) is 0 Å². The van der Waals surface area contributed by atoms with Gasteiger partial charge in [0.2, 0.25) is 0 Å². The molecule has 0 radical (unpaired) electrons. The molecule has 2 heteroatoms. The van der Waals surface area contributed by atoms with Crippen LogP contribution in [0, 0.1) is 11.3 Å². The number of ketones is 1. The number of furan rings is 1. The van der Waals surface area contributed by atoms with Crippen LogP contribution in [-0.2, 0) is 4.79 Å². The highest BCUT2D eigenvalue weighted by Gasteiger charge is 2.46. The fourth-order valence-electron chi connectivity index (χ4n) is 3.66. The van der Waals surface area contributed by atoms with Gasteiger partial charge in [-0.2, -0.15) is 0 Å². The lowest BCUT2D eigenvalue weighted by atomic mass is 9.58. The summed E-state index contributed by atoms with van der Waals surface area (Å²) in [5.41, 5.74) is 0.861. The summed E-state index contributed by atoms with van der Waals surface area (Å²) in [5, 5.41) is 0. The van der Waals surface area contributed by atoms with Gasteiger partial charge in [-0.05, 0) is 55.4 Å². The topological polar surface area (TPSA) is 30.2 Å². The lowest BCUT2D eigenvalue weighted by Crippen LogP contribution is -2.42. The lowest BCUT2D eigenvalue weighted by Gasteiger charge is -2.44. The summed E-state index contributed by atoms with van der Waals surface area (Å²) < 4.78 is 5.32. The third-order valence-electron chi connectivity index (χ3n) is 4.83. The van der Waals surface area contributed by atoms with Gasteiger partial charge in [0.1, 0.15) is 5.76 Å². The number of rotatable bonds is 1. The summed E-state index contributed by atoms with van der Waals surface area (Å²) in [6.45, 7) is 2.17. The number of hydrogen-bond acceptors (Lipinski definition) is 2. The van der Waals surface area contributed by atoms with Crippen molar-refractivity contribution in [3.8, 4) is 0 Å². The van der Waals surface area contributed by atoms with Crippen molar-refractivity contribution in [3.63, 3.8) is 0 Å². The molecule has 18 heavy (non-hydrogen) atoms. The summed E-state index contributed by atoms with van der Waals surface area (Å²) in [6.07, 6.45) is 10.5. The zero-order chi connectivity index (χ0) is 12.6. The van der Waals surface area contributed by atoms with Crippen LogP contribution in [0.5, 0.6) is 0 Å². The summed E-state index contributed by atoms with van der Waals surface area (Å²) in [4.78, 5) is 12.7. The molecule has 0 spiro atoms. The van der Waals surface area contributed by atoms with E-state index in [0.29, 0.717) is 11.7 Å². The van der Waals surface area contributed by atoms with E-state index in [1.165, 1.54) is 19.3 Å². The van der Waals surface area contributed by atoms with E-state index >= 15 is 0 Å². The van der Waals surface area contributed by atoms with Crippen LogP contribution in [0.1, 0.15) is 51.2 Å². The summed E-state index contributed by atoms with van der Waals surface area (Å²) in [7, 11) is 0. The Hall–Kier alpha value is -1.31. The Kier molecular flexibility index (Phi) is 2.89. The molecule has 2 atom stereocenters. The monoisotopic (exact) mass is 244 g/mol. The first-order valence-corrected chi connectivity index (χ1v) is 6.99. The van der Waals surface area contributed by atoms with Gasteiger partial charge in [-0.3, -0.25) is 4.79 Å². The standard InChI is InChI=1S/C16H20O2/c1-16-9-3-2-5-13(16)8-7-12(15(16)17)11-14-6-4-10-18-14/h4,6,10-11,13H,2-3,5,7-9H2,1H3/b12-11+. The van der Waals surface area contributed by atoms with Gasteiger partial charge in [-0.1, -0.05) is 19.8 Å². The Morgan fingerprint density at radius 2 is 2.28 bits per heavy atom. The van der Waals surface area contributed by atoms with Gasteiger partial charge in [-0.25, -0.2) is 0 Å². The van der Waals surface area contributed by atoms with Crippen LogP contribution in [0.4, 0.5) is 0 Å². The highest BCUT2D eigenvalue weighted by atomic mass is 16.3. The van der Waals surface area contributed by atoms with Crippen LogP contribution in [0.15, 0.2) is 28.4 Å². The zero-order valence-electron chi connectivity index (χ0n) is 10.9. The second-order valence-corrected chi connectivity index (χ2v) is 5.91. The second kappa shape index (κ2) is 4.42. The zero-order valence-corrected chi connectivity index (χ0v) is 10.9. The smallest absolute Gasteiger partial charge is 0.165 e. The summed E-state index contributed by atoms with van der Waals surface area (Å²) >= 11 is 0. The van der Waals surface area contributed by atoms with Crippen molar-refractivity contribution in [3.05, 3.63) is 29.7 Å². The second-order valence-electron chi connectivity index (χ2n) is 5.91. The van der Waals surface area contributed by atoms with Crippen LogP contribution in [0.25, 0.3) is 6.08 Å². The minimum absolute atomic E-state index is 0.102. The summed E-state index contributed by atoms with van der Waals surface area (Å²) in [5.74, 6) is 1.78. The molecule has 2 aliphatic carbocycles. The van der Waals surface area contributed by atoms with E-state index in [1.54, 1.807) is 6.26 Å². The van der Waals surface area contributed by atoms with Crippen molar-refractivity contribution >= 4 is 11.9 Å². The Morgan fingerprint density at radius 1 is 1.39 bits per heavy atom. The van der Waals surface area contributed by atoms with E-state index in [-0.39, 0.29) is 5.41 Å². The molecule has 0 aliphatic heterocycles. The van der Waals surface area contributed by atoms with Crippen molar-refractivity contribution < 1.29 is 9.21 Å². The molecule has 96 valence electrons. The maximum absolute atomic E-state index is 12.7. The molecular formula is C16H20O2. The number of Topliss-reactive ketones (excluding diaryl/α,β-unsaturated/α-hetero) is 1. The molecule has 0 saturated heterocycles. The maximum atomic E-state index is 12.7. The van der Waals surface area contributed by atoms with Crippen LogP contribution >= 0.6 is 0 Å². The van der Waals surface area contributed by atoms with Gasteiger partial charge in [0, 0.05) is 5.41 Å². The number of hydrogen-bond donors (Lipinski definition) is 0. The summed E-state index contributed by atoms with van der Waals surface area (Å²) in [6, 6.07) is 3.78. The van der Waals surface area contributed by atoms with Crippen molar-refractivity contribution in [2.45, 2.75) is 45.4 Å². The fourth-order valence-corrected chi connectivity index (χ4v) is 3.66. The molecule has 2 saturated carbocycles. The average Bonchev–Trinajstić information content (AvgIpc) is 2.87. The number of carbonyl (C=O) groups is 1. The van der Waals surface area contributed by atoms with Crippen molar-refractivity contribution in [1.82, 2.24) is 0 Å². The minimum atomic E-state index is -0.102. The van der Waals surface area contributed by atoms with E-state index in [1.807, 2.05) is 18.2 Å². The van der Waals surface area contributed by atoms with E-state index in [4.69, 9.17) is 4.42 Å². The highest BCUT2D eigenvalue weighted by molar-refractivity contribution is 6.04. The Morgan fingerprint density at radius 3 is 3.06 bits per heavy atom. The molecule has 1 aromatic rings. The predicted octanol–water partition coefficient (Wildman–Crippen LogP) is 4.22. The first-order valence-electron chi connectivity index (χ1n) is 6.99. The Balaban J connectivity index is 1.89. The van der Waals surface area contributed by atoms with Crippen LogP contribution in [0.2, 0.25) is 0 Å². The average molecular weight is 244 g/mol. The first kappa shape index (κ1) is 11.8. The molecule has 3 rings (SSSR count). The molecule has 2 nitrogen and oxygen atoms in total. The Bertz CT molecular complexity index is 469. The number of fused-ring (bicyclic) bond motifs is 1. The van der Waals surface area contributed by atoms with Crippen LogP contribution in [0.3, 0.4) is 0 Å². The number of carbonyl (C=O) groups excluding carboxylic acids is 1. The SMILES string of the molecule is CC12CCCCC1CC/C(=C\c1ccco1)C2=O. The van der Waals surface area contributed by atoms with Crippen molar-refractivity contribution in [2.75, 3.05) is 0 Å². The normalized spacial score (nSPS) is 34.6. The molecule has 2 fully saturated rings. The van der Waals surface area contributed by atoms with E-state index in [9.17, 15) is 4.79 Å². The molecule has 2 unspecified atom stereocenters. The maximum Gasteiger partial charge on any atom is 0.165 e. The van der Waals surface area contributed by atoms with Crippen molar-refractivity contribution in [1.29, 1.82) is 0 Å². The third kappa shape index (κ3) is 1.84. The molecule has 2 aliphatic rings. The Labute approximate surface area is 108 Å². The molecule has 0 aromatic carbocycles. The molecule has 0 amide bonds. The van der Waals surface area contributed by atoms with E-state index in [0.717, 1.165) is 30.6 Å². The molecule has 0 bridgehead atoms. The quantitative estimate of drug-likeness (QED) is 0.692. The van der Waals surface area contributed by atoms with Gasteiger partial charge in [0.15, 0.2) is 5.78 Å². The van der Waals surface area contributed by atoms with Crippen LogP contribution < -0.4 is 0 Å². The number of allylic oxidation sites excluding steroid dienone is 1. The van der Waals surface area contributed by atoms with Crippen LogP contribution in [-0.4, -0.2) is 5.78 Å². The fraction of sp³-hybridized carbons (Fsp3) is 0.562. The van der Waals surface area contributed by atoms with E-state index in [2.05, 4.69) is 6.92 Å². The molecular weight excluding hydrogens is 224 g/mol. The van der Waals surface area contributed by atoms with Gasteiger partial charge < -0.3 is 4.42 Å². The minimum Gasteiger partial charge on any atom is -0.465 e. The van der Waals surface area contributed by atoms with Gasteiger partial charge in [0.05, 0.1) is 6.26 Å². The van der Waals surface area contributed by atoms with Crippen molar-refractivity contribution in [2.24, 2.45) is 11.3 Å². The lowest BCUT2D eigenvalue weighted by molar-refractivity contribution is -0.131.